The highest BCUT2D eigenvalue weighted by Gasteiger charge is 2.66. The second-order valence-corrected chi connectivity index (χ2v) is 9.86. The van der Waals surface area contributed by atoms with E-state index in [4.69, 9.17) is 0 Å². The van der Waals surface area contributed by atoms with Crippen molar-refractivity contribution in [1.29, 1.82) is 0 Å². The Bertz CT molecular complexity index is 510. The Hall–Kier alpha value is -0.340. The van der Waals surface area contributed by atoms with Crippen molar-refractivity contribution < 1.29 is 10.2 Å². The molecule has 2 bridgehead atoms. The van der Waals surface area contributed by atoms with Gasteiger partial charge in [-0.1, -0.05) is 32.9 Å². The second kappa shape index (κ2) is 4.39. The zero-order valence-electron chi connectivity index (χ0n) is 14.4. The van der Waals surface area contributed by atoms with E-state index in [-0.39, 0.29) is 29.0 Å². The molecule has 22 heavy (non-hydrogen) atoms. The fourth-order valence-electron chi connectivity index (χ4n) is 7.77. The van der Waals surface area contributed by atoms with Gasteiger partial charge in [0.15, 0.2) is 0 Å². The van der Waals surface area contributed by atoms with Crippen LogP contribution in [0.4, 0.5) is 0 Å². The monoisotopic (exact) mass is 304 g/mol. The number of aliphatic hydroxyl groups excluding tert-OH is 2. The summed E-state index contributed by atoms with van der Waals surface area (Å²) in [6, 6.07) is 0. The fraction of sp³-hybridized carbons (Fsp3) is 0.900. The number of fused-ring (bicyclic) bond motifs is 3. The molecule has 0 radical (unpaired) electrons. The molecule has 2 heteroatoms. The van der Waals surface area contributed by atoms with Gasteiger partial charge in [0.05, 0.1) is 12.2 Å². The largest absolute Gasteiger partial charge is 0.393 e. The summed E-state index contributed by atoms with van der Waals surface area (Å²) in [5.41, 5.74) is 1.76. The normalized spacial score (nSPS) is 56.4. The Morgan fingerprint density at radius 2 is 1.77 bits per heavy atom. The molecule has 0 aromatic heterocycles. The molecule has 4 saturated carbocycles. The minimum atomic E-state index is -0.274. The lowest BCUT2D eigenvalue weighted by Crippen LogP contribution is -2.64. The molecule has 0 aromatic carbocycles. The molecular formula is C20H32O2. The van der Waals surface area contributed by atoms with Gasteiger partial charge in [0.1, 0.15) is 0 Å². The van der Waals surface area contributed by atoms with Crippen molar-refractivity contribution in [3.05, 3.63) is 12.2 Å². The van der Waals surface area contributed by atoms with Crippen LogP contribution in [0.3, 0.4) is 0 Å². The third-order valence-electron chi connectivity index (χ3n) is 8.48. The van der Waals surface area contributed by atoms with E-state index >= 15 is 0 Å². The van der Waals surface area contributed by atoms with Crippen molar-refractivity contribution in [3.63, 3.8) is 0 Å². The van der Waals surface area contributed by atoms with E-state index in [1.807, 2.05) is 0 Å². The van der Waals surface area contributed by atoms with E-state index in [9.17, 15) is 10.2 Å². The lowest BCUT2D eigenvalue weighted by molar-refractivity contribution is -0.223. The van der Waals surface area contributed by atoms with Gasteiger partial charge in [-0.3, -0.25) is 0 Å². The van der Waals surface area contributed by atoms with Gasteiger partial charge in [0.25, 0.3) is 0 Å². The summed E-state index contributed by atoms with van der Waals surface area (Å²) < 4.78 is 0. The fourth-order valence-corrected chi connectivity index (χ4v) is 7.77. The lowest BCUT2D eigenvalue weighted by Gasteiger charge is -2.66. The molecule has 4 aliphatic rings. The maximum Gasteiger partial charge on any atom is 0.0595 e. The van der Waals surface area contributed by atoms with Crippen LogP contribution in [0.2, 0.25) is 0 Å². The average Bonchev–Trinajstić information content (AvgIpc) is 2.64. The van der Waals surface area contributed by atoms with Gasteiger partial charge in [-0.2, -0.15) is 0 Å². The Kier molecular flexibility index (Phi) is 3.03. The highest BCUT2D eigenvalue weighted by molar-refractivity contribution is 5.23. The predicted molar refractivity (Wildman–Crippen MR) is 88.3 cm³/mol. The topological polar surface area (TPSA) is 40.5 Å². The molecule has 4 fully saturated rings. The summed E-state index contributed by atoms with van der Waals surface area (Å²) in [6.07, 6.45) is 7.36. The van der Waals surface area contributed by atoms with Crippen molar-refractivity contribution >= 4 is 0 Å². The van der Waals surface area contributed by atoms with Crippen molar-refractivity contribution in [2.75, 3.05) is 0 Å². The molecule has 1 spiro atoms. The molecule has 4 aliphatic carbocycles. The summed E-state index contributed by atoms with van der Waals surface area (Å²) in [5, 5.41) is 21.7. The summed E-state index contributed by atoms with van der Waals surface area (Å²) >= 11 is 0. The van der Waals surface area contributed by atoms with Crippen LogP contribution in [-0.4, -0.2) is 22.4 Å². The maximum absolute atomic E-state index is 11.1. The predicted octanol–water partition coefficient (Wildman–Crippen LogP) is 3.92. The third kappa shape index (κ3) is 1.69. The van der Waals surface area contributed by atoms with Crippen LogP contribution in [0.25, 0.3) is 0 Å². The molecular weight excluding hydrogens is 272 g/mol. The molecule has 7 atom stereocenters. The third-order valence-corrected chi connectivity index (χ3v) is 8.48. The highest BCUT2D eigenvalue weighted by Crippen LogP contribution is 2.71. The van der Waals surface area contributed by atoms with Gasteiger partial charge in [0, 0.05) is 0 Å². The lowest BCUT2D eigenvalue weighted by atomic mass is 9.40. The van der Waals surface area contributed by atoms with Crippen molar-refractivity contribution in [1.82, 2.24) is 0 Å². The summed E-state index contributed by atoms with van der Waals surface area (Å²) in [7, 11) is 0. The zero-order valence-corrected chi connectivity index (χ0v) is 14.4. The molecule has 124 valence electrons. The Labute approximate surface area is 135 Å². The van der Waals surface area contributed by atoms with E-state index in [0.717, 1.165) is 25.7 Å². The summed E-state index contributed by atoms with van der Waals surface area (Å²) in [4.78, 5) is 0. The van der Waals surface area contributed by atoms with Gasteiger partial charge in [-0.25, -0.2) is 0 Å². The highest BCUT2D eigenvalue weighted by atomic mass is 16.3. The number of hydrogen-bond donors (Lipinski definition) is 2. The maximum atomic E-state index is 11.1. The van der Waals surface area contributed by atoms with E-state index in [0.29, 0.717) is 17.3 Å². The molecule has 0 amide bonds. The van der Waals surface area contributed by atoms with Crippen LogP contribution in [-0.2, 0) is 0 Å². The Morgan fingerprint density at radius 1 is 1.05 bits per heavy atom. The number of rotatable bonds is 0. The van der Waals surface area contributed by atoms with Crippen molar-refractivity contribution in [2.45, 2.75) is 77.9 Å². The molecule has 0 heterocycles. The van der Waals surface area contributed by atoms with Crippen LogP contribution >= 0.6 is 0 Å². The van der Waals surface area contributed by atoms with Crippen LogP contribution in [0, 0.1) is 34.0 Å². The summed E-state index contributed by atoms with van der Waals surface area (Å²) in [5.74, 6) is 1.64. The van der Waals surface area contributed by atoms with Gasteiger partial charge >= 0.3 is 0 Å². The van der Waals surface area contributed by atoms with Gasteiger partial charge < -0.3 is 10.2 Å². The first kappa shape index (κ1) is 15.2. The number of allylic oxidation sites excluding steroid dienone is 1. The van der Waals surface area contributed by atoms with Crippen molar-refractivity contribution in [2.24, 2.45) is 34.0 Å². The average molecular weight is 304 g/mol. The first-order chi connectivity index (χ1) is 10.2. The minimum Gasteiger partial charge on any atom is -0.393 e. The molecule has 0 saturated heterocycles. The standard InChI is InChI=1S/C20H32O2/c1-12-9-20-10-13(12)5-6-15(20)19(4)8-7-16(22)18(2,3)17(19)14(21)11-20/h13-17,21-22H,1,5-11H2,2-4H3/t13-,14-,15+,16-,17-,19+,20-/m1/s1. The van der Waals surface area contributed by atoms with Gasteiger partial charge in [-0.15, -0.1) is 0 Å². The quantitative estimate of drug-likeness (QED) is 0.666. The van der Waals surface area contributed by atoms with Crippen LogP contribution in [0.5, 0.6) is 0 Å². The SMILES string of the molecule is C=C1C[C@]23C[C@H]1CC[C@H]2[C@]1(C)CC[C@@H](O)C(C)(C)[C@H]1[C@H](O)C3. The summed E-state index contributed by atoms with van der Waals surface area (Å²) in [6.45, 7) is 11.1. The van der Waals surface area contributed by atoms with Gasteiger partial charge in [-0.05, 0) is 78.9 Å². The van der Waals surface area contributed by atoms with E-state index in [1.54, 1.807) is 0 Å². The molecule has 0 aliphatic heterocycles. The molecule has 0 unspecified atom stereocenters. The molecule has 2 nitrogen and oxygen atoms in total. The van der Waals surface area contributed by atoms with E-state index < -0.39 is 0 Å². The van der Waals surface area contributed by atoms with E-state index in [1.165, 1.54) is 24.8 Å². The molecule has 0 aromatic rings. The first-order valence-electron chi connectivity index (χ1n) is 9.24. The van der Waals surface area contributed by atoms with E-state index in [2.05, 4.69) is 27.4 Å². The van der Waals surface area contributed by atoms with Crippen LogP contribution in [0.1, 0.15) is 65.7 Å². The minimum absolute atomic E-state index is 0.177. The van der Waals surface area contributed by atoms with Crippen molar-refractivity contribution in [3.8, 4) is 0 Å². The number of aliphatic hydroxyl groups is 2. The van der Waals surface area contributed by atoms with Crippen LogP contribution in [0.15, 0.2) is 12.2 Å². The van der Waals surface area contributed by atoms with Gasteiger partial charge in [0.2, 0.25) is 0 Å². The number of hydrogen-bond acceptors (Lipinski definition) is 2. The smallest absolute Gasteiger partial charge is 0.0595 e. The Morgan fingerprint density at radius 3 is 2.50 bits per heavy atom. The molecule has 4 rings (SSSR count). The first-order valence-corrected chi connectivity index (χ1v) is 9.24. The second-order valence-electron chi connectivity index (χ2n) is 9.86. The zero-order chi connectivity index (χ0) is 15.9. The molecule has 2 N–H and O–H groups in total. The Balaban J connectivity index is 1.79. The van der Waals surface area contributed by atoms with Crippen LogP contribution < -0.4 is 0 Å².